The fourth-order valence-corrected chi connectivity index (χ4v) is 3.00. The van der Waals surface area contributed by atoms with Gasteiger partial charge in [0.1, 0.15) is 0 Å². The second kappa shape index (κ2) is 7.17. The third-order valence-corrected chi connectivity index (χ3v) is 4.23. The zero-order valence-corrected chi connectivity index (χ0v) is 13.5. The number of rotatable bonds is 3. The number of nitrogens with one attached hydrogen (secondary N) is 1. The number of carbonyl (C=O) groups excluding carboxylic acids is 2. The molecule has 128 valence electrons. The van der Waals surface area contributed by atoms with Crippen LogP contribution in [-0.4, -0.2) is 40.9 Å². The lowest BCUT2D eigenvalue weighted by Gasteiger charge is -2.29. The molecule has 0 aromatic heterocycles. The first-order valence-corrected chi connectivity index (χ1v) is 8.02. The summed E-state index contributed by atoms with van der Waals surface area (Å²) in [6.07, 6.45) is 0.175. The van der Waals surface area contributed by atoms with Crippen LogP contribution in [-0.2, 0) is 4.79 Å². The average Bonchev–Trinajstić information content (AvgIpc) is 2.83. The zero-order chi connectivity index (χ0) is 17.8. The molecule has 1 heterocycles. The molecule has 1 aliphatic rings. The number of amides is 2. The van der Waals surface area contributed by atoms with E-state index >= 15 is 0 Å². The lowest BCUT2D eigenvalue weighted by Crippen LogP contribution is -2.36. The molecule has 0 aliphatic carbocycles. The molecule has 2 amide bonds. The van der Waals surface area contributed by atoms with Gasteiger partial charge in [-0.3, -0.25) is 9.59 Å². The Kier molecular flexibility index (Phi) is 4.79. The maximum atomic E-state index is 13.0. The predicted octanol–water partition coefficient (Wildman–Crippen LogP) is 2.09. The highest BCUT2D eigenvalue weighted by molar-refractivity contribution is 5.98. The van der Waals surface area contributed by atoms with Gasteiger partial charge in [-0.05, 0) is 23.8 Å². The van der Waals surface area contributed by atoms with E-state index in [9.17, 15) is 14.4 Å². The monoisotopic (exact) mass is 338 g/mol. The van der Waals surface area contributed by atoms with Crippen LogP contribution in [0.3, 0.4) is 0 Å². The van der Waals surface area contributed by atoms with Crippen molar-refractivity contribution in [2.45, 2.75) is 12.5 Å². The van der Waals surface area contributed by atoms with E-state index in [-0.39, 0.29) is 29.8 Å². The summed E-state index contributed by atoms with van der Waals surface area (Å²) in [6.45, 7) is 0.730. The Morgan fingerprint density at radius 3 is 2.48 bits per heavy atom. The Hall–Kier alpha value is -3.15. The van der Waals surface area contributed by atoms with Crippen molar-refractivity contribution in [1.29, 1.82) is 0 Å². The van der Waals surface area contributed by atoms with E-state index in [4.69, 9.17) is 5.11 Å². The number of carbonyl (C=O) groups is 3. The number of carboxylic acid groups (broad SMARTS) is 1. The zero-order valence-electron chi connectivity index (χ0n) is 13.5. The van der Waals surface area contributed by atoms with Crippen LogP contribution in [0.1, 0.15) is 38.7 Å². The lowest BCUT2D eigenvalue weighted by molar-refractivity contribution is -0.121. The van der Waals surface area contributed by atoms with Gasteiger partial charge in [-0.1, -0.05) is 36.4 Å². The highest BCUT2D eigenvalue weighted by Crippen LogP contribution is 2.27. The first-order valence-electron chi connectivity index (χ1n) is 8.02. The third kappa shape index (κ3) is 3.68. The van der Waals surface area contributed by atoms with E-state index in [1.807, 2.05) is 30.3 Å². The van der Waals surface area contributed by atoms with Crippen LogP contribution >= 0.6 is 0 Å². The predicted molar refractivity (Wildman–Crippen MR) is 91.2 cm³/mol. The molecule has 0 saturated carbocycles. The molecule has 1 aliphatic heterocycles. The van der Waals surface area contributed by atoms with E-state index in [0.717, 1.165) is 5.56 Å². The molecule has 25 heavy (non-hydrogen) atoms. The largest absolute Gasteiger partial charge is 0.478 e. The Bertz CT molecular complexity index is 804. The average molecular weight is 338 g/mol. The number of hydrogen-bond acceptors (Lipinski definition) is 3. The second-order valence-corrected chi connectivity index (χ2v) is 5.87. The highest BCUT2D eigenvalue weighted by Gasteiger charge is 2.30. The molecule has 2 aromatic rings. The van der Waals surface area contributed by atoms with Crippen molar-refractivity contribution in [3.05, 3.63) is 71.3 Å². The van der Waals surface area contributed by atoms with Crippen molar-refractivity contribution in [1.82, 2.24) is 10.2 Å². The first kappa shape index (κ1) is 16.7. The molecule has 0 radical (unpaired) electrons. The molecule has 1 atom stereocenters. The van der Waals surface area contributed by atoms with Gasteiger partial charge in [0.05, 0.1) is 18.0 Å². The molecule has 3 rings (SSSR count). The minimum absolute atomic E-state index is 0.0612. The number of nitrogens with zero attached hydrogens (tertiary/aromatic N) is 1. The summed E-state index contributed by atoms with van der Waals surface area (Å²) >= 11 is 0. The Morgan fingerprint density at radius 2 is 1.76 bits per heavy atom. The molecule has 6 nitrogen and oxygen atoms in total. The quantitative estimate of drug-likeness (QED) is 0.897. The van der Waals surface area contributed by atoms with Crippen molar-refractivity contribution >= 4 is 17.8 Å². The summed E-state index contributed by atoms with van der Waals surface area (Å²) in [5.41, 5.74) is 1.24. The van der Waals surface area contributed by atoms with Crippen molar-refractivity contribution in [3.63, 3.8) is 0 Å². The van der Waals surface area contributed by atoms with E-state index in [1.165, 1.54) is 12.1 Å². The van der Waals surface area contributed by atoms with Gasteiger partial charge < -0.3 is 15.3 Å². The van der Waals surface area contributed by atoms with Gasteiger partial charge in [0.15, 0.2) is 0 Å². The number of carboxylic acids is 1. The Labute approximate surface area is 145 Å². The van der Waals surface area contributed by atoms with Crippen LogP contribution in [0, 0.1) is 0 Å². The van der Waals surface area contributed by atoms with E-state index < -0.39 is 5.97 Å². The fourth-order valence-electron chi connectivity index (χ4n) is 3.00. The van der Waals surface area contributed by atoms with Crippen molar-refractivity contribution in [3.8, 4) is 0 Å². The molecule has 0 bridgehead atoms. The lowest BCUT2D eigenvalue weighted by atomic mass is 10.0. The molecule has 1 saturated heterocycles. The molecule has 2 N–H and O–H groups in total. The third-order valence-electron chi connectivity index (χ3n) is 4.23. The topological polar surface area (TPSA) is 86.7 Å². The van der Waals surface area contributed by atoms with Gasteiger partial charge in [-0.2, -0.15) is 0 Å². The van der Waals surface area contributed by atoms with Crippen molar-refractivity contribution < 1.29 is 19.5 Å². The molecular formula is C19H18N2O4. The Morgan fingerprint density at radius 1 is 1.04 bits per heavy atom. The van der Waals surface area contributed by atoms with Crippen LogP contribution in [0.15, 0.2) is 54.6 Å². The van der Waals surface area contributed by atoms with Gasteiger partial charge in [0.2, 0.25) is 5.91 Å². The minimum atomic E-state index is -1.08. The van der Waals surface area contributed by atoms with Gasteiger partial charge in [-0.25, -0.2) is 4.79 Å². The molecule has 0 unspecified atom stereocenters. The van der Waals surface area contributed by atoms with Gasteiger partial charge in [0.25, 0.3) is 5.91 Å². The fraction of sp³-hybridized carbons (Fsp3) is 0.211. The smallest absolute Gasteiger partial charge is 0.335 e. The summed E-state index contributed by atoms with van der Waals surface area (Å²) in [5.74, 6) is -1.47. The minimum Gasteiger partial charge on any atom is -0.478 e. The normalized spacial score (nSPS) is 17.5. The van der Waals surface area contributed by atoms with Gasteiger partial charge >= 0.3 is 5.97 Å². The molecule has 1 fully saturated rings. The molecule has 6 heteroatoms. The van der Waals surface area contributed by atoms with Crippen LogP contribution < -0.4 is 5.32 Å². The maximum Gasteiger partial charge on any atom is 0.335 e. The number of benzene rings is 2. The standard InChI is InChI=1S/C19H18N2O4/c22-17-12-16(13-5-2-1-3-6-13)21(10-9-20-17)18(23)14-7-4-8-15(11-14)19(24)25/h1-8,11,16H,9-10,12H2,(H,20,22)(H,24,25)/t16-/m1/s1. The van der Waals surface area contributed by atoms with E-state index in [1.54, 1.807) is 17.0 Å². The highest BCUT2D eigenvalue weighted by atomic mass is 16.4. The summed E-state index contributed by atoms with van der Waals surface area (Å²) in [6, 6.07) is 15.0. The summed E-state index contributed by atoms with van der Waals surface area (Å²) in [7, 11) is 0. The Balaban J connectivity index is 1.96. The first-order chi connectivity index (χ1) is 12.1. The van der Waals surface area contributed by atoms with Crippen LogP contribution in [0.2, 0.25) is 0 Å². The molecular weight excluding hydrogens is 320 g/mol. The summed E-state index contributed by atoms with van der Waals surface area (Å²) in [4.78, 5) is 37.8. The second-order valence-electron chi connectivity index (χ2n) is 5.87. The van der Waals surface area contributed by atoms with Gasteiger partial charge in [-0.15, -0.1) is 0 Å². The van der Waals surface area contributed by atoms with Crippen LogP contribution in [0.25, 0.3) is 0 Å². The van der Waals surface area contributed by atoms with Crippen molar-refractivity contribution in [2.75, 3.05) is 13.1 Å². The van der Waals surface area contributed by atoms with E-state index in [0.29, 0.717) is 18.7 Å². The van der Waals surface area contributed by atoms with Crippen LogP contribution in [0.5, 0.6) is 0 Å². The van der Waals surface area contributed by atoms with Crippen LogP contribution in [0.4, 0.5) is 0 Å². The summed E-state index contributed by atoms with van der Waals surface area (Å²) in [5, 5.41) is 11.9. The molecule has 0 spiro atoms. The SMILES string of the molecule is O=C1C[C@H](c2ccccc2)N(C(=O)c2cccc(C(=O)O)c2)CCN1. The number of aromatic carboxylic acids is 1. The van der Waals surface area contributed by atoms with E-state index in [2.05, 4.69) is 5.32 Å². The maximum absolute atomic E-state index is 13.0. The molecule has 2 aromatic carbocycles. The number of hydrogen-bond donors (Lipinski definition) is 2. The van der Waals surface area contributed by atoms with Crippen molar-refractivity contribution in [2.24, 2.45) is 0 Å². The van der Waals surface area contributed by atoms with Gasteiger partial charge in [0, 0.05) is 18.7 Å². The summed E-state index contributed by atoms with van der Waals surface area (Å²) < 4.78 is 0.